The van der Waals surface area contributed by atoms with Crippen LogP contribution in [0.4, 0.5) is 0 Å². The van der Waals surface area contributed by atoms with E-state index >= 15 is 0 Å². The van der Waals surface area contributed by atoms with Gasteiger partial charge in [-0.05, 0) is 18.8 Å². The lowest BCUT2D eigenvalue weighted by Crippen LogP contribution is -2.32. The first-order chi connectivity index (χ1) is 7.30. The normalized spacial score (nSPS) is 15.6. The Balaban J connectivity index is 4.21. The number of nitrogens with two attached hydrogens (primary N) is 1. The van der Waals surface area contributed by atoms with Crippen LogP contribution in [0.5, 0.6) is 0 Å². The van der Waals surface area contributed by atoms with Crippen LogP contribution in [-0.4, -0.2) is 32.3 Å². The van der Waals surface area contributed by atoms with Crippen LogP contribution in [-0.2, 0) is 14.3 Å². The first-order valence-corrected chi connectivity index (χ1v) is 5.69. The van der Waals surface area contributed by atoms with Crippen LogP contribution >= 0.6 is 0 Å². The zero-order valence-electron chi connectivity index (χ0n) is 11.1. The molecule has 2 atom stereocenters. The van der Waals surface area contributed by atoms with Gasteiger partial charge in [0.05, 0.1) is 12.5 Å². The lowest BCUT2D eigenvalue weighted by atomic mass is 9.84. The van der Waals surface area contributed by atoms with Gasteiger partial charge in [0.2, 0.25) is 0 Å². The molecule has 0 aromatic heterocycles. The fourth-order valence-electron chi connectivity index (χ4n) is 1.57. The smallest absolute Gasteiger partial charge is 0.310 e. The van der Waals surface area contributed by atoms with Crippen molar-refractivity contribution in [3.8, 4) is 0 Å². The molecule has 0 fully saturated rings. The average molecular weight is 231 g/mol. The van der Waals surface area contributed by atoms with E-state index in [1.807, 2.05) is 6.92 Å². The molecular weight excluding hydrogens is 206 g/mol. The monoisotopic (exact) mass is 231 g/mol. The molecule has 0 aromatic carbocycles. The molecule has 0 aliphatic rings. The fraction of sp³-hybridized carbons (Fsp3) is 0.917. The van der Waals surface area contributed by atoms with Gasteiger partial charge in [-0.25, -0.2) is 0 Å². The zero-order chi connectivity index (χ0) is 12.8. The van der Waals surface area contributed by atoms with Gasteiger partial charge < -0.3 is 15.2 Å². The molecule has 0 heterocycles. The molecular formula is C12H25NO3. The maximum Gasteiger partial charge on any atom is 0.310 e. The molecule has 0 rings (SSSR count). The van der Waals surface area contributed by atoms with Crippen molar-refractivity contribution in [2.75, 3.05) is 20.3 Å². The van der Waals surface area contributed by atoms with E-state index in [4.69, 9.17) is 15.2 Å². The molecule has 96 valence electrons. The molecule has 0 spiro atoms. The Morgan fingerprint density at radius 2 is 1.94 bits per heavy atom. The van der Waals surface area contributed by atoms with Crippen LogP contribution in [0.1, 0.15) is 34.1 Å². The van der Waals surface area contributed by atoms with Gasteiger partial charge in [0, 0.05) is 13.7 Å². The Morgan fingerprint density at radius 1 is 1.38 bits per heavy atom. The minimum absolute atomic E-state index is 0.0769. The molecule has 0 saturated carbocycles. The Morgan fingerprint density at radius 3 is 2.31 bits per heavy atom. The summed E-state index contributed by atoms with van der Waals surface area (Å²) in [4.78, 5) is 11.8. The third-order valence-electron chi connectivity index (χ3n) is 2.20. The van der Waals surface area contributed by atoms with Crippen molar-refractivity contribution >= 4 is 5.97 Å². The minimum Gasteiger partial charge on any atom is -0.460 e. The second-order valence-electron chi connectivity index (χ2n) is 5.40. The van der Waals surface area contributed by atoms with E-state index in [-0.39, 0.29) is 23.4 Å². The average Bonchev–Trinajstić information content (AvgIpc) is 2.12. The van der Waals surface area contributed by atoms with E-state index in [1.165, 1.54) is 0 Å². The van der Waals surface area contributed by atoms with Gasteiger partial charge in [0.15, 0.2) is 0 Å². The summed E-state index contributed by atoms with van der Waals surface area (Å²) in [5, 5.41) is 0. The van der Waals surface area contributed by atoms with Crippen LogP contribution in [0.25, 0.3) is 0 Å². The van der Waals surface area contributed by atoms with Crippen molar-refractivity contribution in [3.05, 3.63) is 0 Å². The first kappa shape index (κ1) is 15.4. The third kappa shape index (κ3) is 6.80. The second-order valence-corrected chi connectivity index (χ2v) is 5.40. The van der Waals surface area contributed by atoms with Crippen LogP contribution in [0, 0.1) is 11.3 Å². The predicted molar refractivity (Wildman–Crippen MR) is 64.0 cm³/mol. The van der Waals surface area contributed by atoms with Gasteiger partial charge in [-0.3, -0.25) is 4.79 Å². The maximum atomic E-state index is 11.8. The number of hydrogen-bond acceptors (Lipinski definition) is 4. The van der Waals surface area contributed by atoms with Gasteiger partial charge in [0.1, 0.15) is 6.10 Å². The summed E-state index contributed by atoms with van der Waals surface area (Å²) in [5.74, 6) is -0.443. The van der Waals surface area contributed by atoms with Gasteiger partial charge in [-0.15, -0.1) is 0 Å². The second kappa shape index (κ2) is 6.86. The van der Waals surface area contributed by atoms with E-state index < -0.39 is 0 Å². The van der Waals surface area contributed by atoms with Crippen molar-refractivity contribution in [2.24, 2.45) is 17.1 Å². The van der Waals surface area contributed by atoms with E-state index in [1.54, 1.807) is 7.11 Å². The number of hydrogen-bond donors (Lipinski definition) is 1. The highest BCUT2D eigenvalue weighted by atomic mass is 16.6. The first-order valence-electron chi connectivity index (χ1n) is 5.69. The van der Waals surface area contributed by atoms with Crippen molar-refractivity contribution in [3.63, 3.8) is 0 Å². The number of ether oxygens (including phenoxy) is 2. The van der Waals surface area contributed by atoms with Crippen molar-refractivity contribution in [1.82, 2.24) is 0 Å². The number of rotatable bonds is 6. The van der Waals surface area contributed by atoms with Gasteiger partial charge in [-0.2, -0.15) is 0 Å². The Labute approximate surface area is 98.5 Å². The summed E-state index contributed by atoms with van der Waals surface area (Å²) in [6, 6.07) is 0. The quantitative estimate of drug-likeness (QED) is 0.705. The molecule has 0 saturated heterocycles. The number of carbonyl (C=O) groups is 1. The summed E-state index contributed by atoms with van der Waals surface area (Å²) >= 11 is 0. The zero-order valence-corrected chi connectivity index (χ0v) is 11.1. The van der Waals surface area contributed by atoms with Crippen molar-refractivity contribution < 1.29 is 14.3 Å². The van der Waals surface area contributed by atoms with Gasteiger partial charge in [-0.1, -0.05) is 20.8 Å². The molecule has 16 heavy (non-hydrogen) atoms. The molecule has 4 heteroatoms. The van der Waals surface area contributed by atoms with E-state index in [0.717, 1.165) is 6.42 Å². The standard InChI is InChI=1S/C12H25NO3/c1-9(8-15-5)16-11(14)10(7-13)6-12(2,3)4/h9-10H,6-8,13H2,1-5H3. The minimum atomic E-state index is -0.223. The lowest BCUT2D eigenvalue weighted by molar-refractivity contribution is -0.156. The molecule has 0 bridgehead atoms. The van der Waals surface area contributed by atoms with E-state index in [2.05, 4.69) is 20.8 Å². The summed E-state index contributed by atoms with van der Waals surface area (Å²) in [6.07, 6.45) is 0.522. The summed E-state index contributed by atoms with van der Waals surface area (Å²) in [6.45, 7) is 8.81. The molecule has 2 unspecified atom stereocenters. The van der Waals surface area contributed by atoms with Gasteiger partial charge in [0.25, 0.3) is 0 Å². The topological polar surface area (TPSA) is 61.5 Å². The number of methoxy groups -OCH3 is 1. The van der Waals surface area contributed by atoms with Crippen LogP contribution < -0.4 is 5.73 Å². The third-order valence-corrected chi connectivity index (χ3v) is 2.20. The lowest BCUT2D eigenvalue weighted by Gasteiger charge is -2.24. The Hall–Kier alpha value is -0.610. The van der Waals surface area contributed by atoms with E-state index in [0.29, 0.717) is 13.2 Å². The maximum absolute atomic E-state index is 11.8. The SMILES string of the molecule is COCC(C)OC(=O)C(CN)CC(C)(C)C. The Bertz CT molecular complexity index is 211. The highest BCUT2D eigenvalue weighted by Gasteiger charge is 2.26. The Kier molecular flexibility index (Phi) is 6.60. The highest BCUT2D eigenvalue weighted by molar-refractivity contribution is 5.72. The molecule has 2 N–H and O–H groups in total. The van der Waals surface area contributed by atoms with Gasteiger partial charge >= 0.3 is 5.97 Å². The van der Waals surface area contributed by atoms with E-state index in [9.17, 15) is 4.79 Å². The molecule has 4 nitrogen and oxygen atoms in total. The number of carbonyl (C=O) groups excluding carboxylic acids is 1. The molecule has 0 aliphatic heterocycles. The summed E-state index contributed by atoms with van der Waals surface area (Å²) in [5.41, 5.74) is 5.68. The van der Waals surface area contributed by atoms with Crippen LogP contribution in [0.3, 0.4) is 0 Å². The van der Waals surface area contributed by atoms with Crippen LogP contribution in [0.15, 0.2) is 0 Å². The molecule has 0 aromatic rings. The molecule has 0 amide bonds. The summed E-state index contributed by atoms with van der Waals surface area (Å²) < 4.78 is 10.2. The highest BCUT2D eigenvalue weighted by Crippen LogP contribution is 2.24. The molecule has 0 aliphatic carbocycles. The largest absolute Gasteiger partial charge is 0.460 e. The predicted octanol–water partition coefficient (Wildman–Crippen LogP) is 1.58. The number of esters is 1. The van der Waals surface area contributed by atoms with Crippen LogP contribution in [0.2, 0.25) is 0 Å². The molecule has 0 radical (unpaired) electrons. The van der Waals surface area contributed by atoms with Crippen molar-refractivity contribution in [1.29, 1.82) is 0 Å². The van der Waals surface area contributed by atoms with Crippen molar-refractivity contribution in [2.45, 2.75) is 40.2 Å². The fourth-order valence-corrected chi connectivity index (χ4v) is 1.57. The summed E-state index contributed by atoms with van der Waals surface area (Å²) in [7, 11) is 1.58.